The first-order valence-electron chi connectivity index (χ1n) is 14.5. The lowest BCUT2D eigenvalue weighted by molar-refractivity contribution is -0.149. The van der Waals surface area contributed by atoms with Gasteiger partial charge in [0.25, 0.3) is 10.2 Å². The van der Waals surface area contributed by atoms with Crippen LogP contribution in [-0.2, 0) is 35.8 Å². The van der Waals surface area contributed by atoms with Crippen molar-refractivity contribution in [1.82, 2.24) is 19.7 Å². The van der Waals surface area contributed by atoms with Crippen LogP contribution in [0.25, 0.3) is 0 Å². The standard InChI is InChI=1S/C29H48N4O7S/c1-6-40-28(37)29(4,5)32-41(38,39)33(17-16-21(2)3)19-26(35)25(18-22-12-8-7-9-13-22)31-27(36)23-14-10-11-15-24(23)30-20-34/h7-9,12-13,20-21,23-26,32,35H,6,10-11,14-19H2,1-5H3,(H,30,34)(H,31,36). The van der Waals surface area contributed by atoms with Crippen molar-refractivity contribution in [1.29, 1.82) is 0 Å². The summed E-state index contributed by atoms with van der Waals surface area (Å²) in [6, 6.07) is 8.22. The van der Waals surface area contributed by atoms with E-state index in [2.05, 4.69) is 15.4 Å². The van der Waals surface area contributed by atoms with E-state index in [9.17, 15) is 27.9 Å². The van der Waals surface area contributed by atoms with Crippen LogP contribution < -0.4 is 15.4 Å². The molecule has 1 aromatic rings. The Balaban J connectivity index is 2.32. The van der Waals surface area contributed by atoms with Crippen LogP contribution in [0.4, 0.5) is 0 Å². The molecule has 0 radical (unpaired) electrons. The molecule has 2 amide bonds. The molecule has 1 fully saturated rings. The van der Waals surface area contributed by atoms with E-state index in [4.69, 9.17) is 4.74 Å². The number of hydrogen-bond acceptors (Lipinski definition) is 7. The average molecular weight is 597 g/mol. The van der Waals surface area contributed by atoms with Crippen LogP contribution in [0.3, 0.4) is 0 Å². The Kier molecular flexibility index (Phi) is 13.7. The van der Waals surface area contributed by atoms with Crippen molar-refractivity contribution < 1.29 is 32.6 Å². The van der Waals surface area contributed by atoms with Crippen molar-refractivity contribution in [2.45, 2.75) is 96.9 Å². The van der Waals surface area contributed by atoms with Gasteiger partial charge < -0.3 is 20.5 Å². The third-order valence-electron chi connectivity index (χ3n) is 7.33. The van der Waals surface area contributed by atoms with Crippen LogP contribution in [0.5, 0.6) is 0 Å². The van der Waals surface area contributed by atoms with Crippen molar-refractivity contribution in [3.63, 3.8) is 0 Å². The molecule has 11 nitrogen and oxygen atoms in total. The van der Waals surface area contributed by atoms with Gasteiger partial charge in [0.1, 0.15) is 5.54 Å². The Morgan fingerprint density at radius 3 is 2.44 bits per heavy atom. The Labute approximate surface area is 245 Å². The zero-order valence-corrected chi connectivity index (χ0v) is 25.8. The van der Waals surface area contributed by atoms with Gasteiger partial charge in [0.2, 0.25) is 12.3 Å². The highest BCUT2D eigenvalue weighted by atomic mass is 32.2. The number of ether oxygens (including phenoxy) is 1. The first-order chi connectivity index (χ1) is 19.3. The van der Waals surface area contributed by atoms with Gasteiger partial charge >= 0.3 is 5.97 Å². The molecular formula is C29H48N4O7S. The lowest BCUT2D eigenvalue weighted by Crippen LogP contribution is -2.58. The van der Waals surface area contributed by atoms with Crippen LogP contribution in [0, 0.1) is 11.8 Å². The van der Waals surface area contributed by atoms with Gasteiger partial charge in [0.15, 0.2) is 0 Å². The van der Waals surface area contributed by atoms with Crippen LogP contribution >= 0.6 is 0 Å². The molecule has 4 atom stereocenters. The lowest BCUT2D eigenvalue weighted by atomic mass is 9.83. The molecule has 1 saturated carbocycles. The Morgan fingerprint density at radius 2 is 1.83 bits per heavy atom. The molecule has 1 aromatic carbocycles. The van der Waals surface area contributed by atoms with E-state index < -0.39 is 39.8 Å². The van der Waals surface area contributed by atoms with Gasteiger partial charge in [-0.25, -0.2) is 0 Å². The van der Waals surface area contributed by atoms with E-state index in [1.165, 1.54) is 13.8 Å². The minimum absolute atomic E-state index is 0.100. The molecule has 232 valence electrons. The van der Waals surface area contributed by atoms with Crippen LogP contribution in [0.15, 0.2) is 30.3 Å². The summed E-state index contributed by atoms with van der Waals surface area (Å²) in [6.07, 6.45) is 3.17. The van der Waals surface area contributed by atoms with Gasteiger partial charge in [0, 0.05) is 19.1 Å². The first kappa shape index (κ1) is 34.7. The lowest BCUT2D eigenvalue weighted by Gasteiger charge is -2.34. The number of nitrogens with one attached hydrogen (secondary N) is 3. The van der Waals surface area contributed by atoms with Crippen LogP contribution in [-0.4, -0.2) is 79.5 Å². The minimum atomic E-state index is -4.24. The maximum atomic E-state index is 13.5. The van der Waals surface area contributed by atoms with E-state index in [1.807, 2.05) is 44.2 Å². The van der Waals surface area contributed by atoms with Crippen LogP contribution in [0.2, 0.25) is 0 Å². The largest absolute Gasteiger partial charge is 0.465 e. The summed E-state index contributed by atoms with van der Waals surface area (Å²) in [7, 11) is -4.24. The highest BCUT2D eigenvalue weighted by molar-refractivity contribution is 7.87. The number of carbonyl (C=O) groups is 3. The number of rotatable bonds is 17. The maximum absolute atomic E-state index is 13.5. The summed E-state index contributed by atoms with van der Waals surface area (Å²) in [5.74, 6) is -1.28. The van der Waals surface area contributed by atoms with E-state index in [1.54, 1.807) is 6.92 Å². The number of amides is 2. The molecule has 0 aliphatic heterocycles. The number of benzene rings is 1. The van der Waals surface area contributed by atoms with Crippen molar-refractivity contribution >= 4 is 28.5 Å². The summed E-state index contributed by atoms with van der Waals surface area (Å²) in [5, 5.41) is 17.2. The molecule has 4 N–H and O–H groups in total. The second-order valence-corrected chi connectivity index (χ2v) is 13.3. The minimum Gasteiger partial charge on any atom is -0.465 e. The predicted octanol–water partition coefficient (Wildman–Crippen LogP) is 1.90. The predicted molar refractivity (Wildman–Crippen MR) is 157 cm³/mol. The molecule has 0 bridgehead atoms. The molecule has 4 unspecified atom stereocenters. The molecule has 0 heterocycles. The summed E-state index contributed by atoms with van der Waals surface area (Å²) in [6.45, 7) is 8.30. The third kappa shape index (κ3) is 11.0. The van der Waals surface area contributed by atoms with Crippen molar-refractivity contribution in [3.05, 3.63) is 35.9 Å². The first-order valence-corrected chi connectivity index (χ1v) is 15.9. The Hall–Kier alpha value is -2.54. The number of aliphatic hydroxyl groups excluding tert-OH is 1. The van der Waals surface area contributed by atoms with E-state index in [0.29, 0.717) is 25.7 Å². The van der Waals surface area contributed by atoms with E-state index in [0.717, 1.165) is 22.7 Å². The molecule has 2 rings (SSSR count). The summed E-state index contributed by atoms with van der Waals surface area (Å²) < 4.78 is 35.7. The maximum Gasteiger partial charge on any atom is 0.326 e. The van der Waals surface area contributed by atoms with Gasteiger partial charge in [-0.3, -0.25) is 14.4 Å². The average Bonchev–Trinajstić information content (AvgIpc) is 2.91. The smallest absolute Gasteiger partial charge is 0.326 e. The van der Waals surface area contributed by atoms with Crippen molar-refractivity contribution in [2.75, 3.05) is 19.7 Å². The molecular weight excluding hydrogens is 548 g/mol. The molecule has 1 aliphatic rings. The number of esters is 1. The summed E-state index contributed by atoms with van der Waals surface area (Å²) >= 11 is 0. The molecule has 12 heteroatoms. The topological polar surface area (TPSA) is 154 Å². The quantitative estimate of drug-likeness (QED) is 0.158. The molecule has 0 spiro atoms. The fourth-order valence-electron chi connectivity index (χ4n) is 4.96. The van der Waals surface area contributed by atoms with E-state index >= 15 is 0 Å². The Morgan fingerprint density at radius 1 is 1.17 bits per heavy atom. The fraction of sp³-hybridized carbons (Fsp3) is 0.690. The fourth-order valence-corrected chi connectivity index (χ4v) is 6.51. The highest BCUT2D eigenvalue weighted by Crippen LogP contribution is 2.25. The summed E-state index contributed by atoms with van der Waals surface area (Å²) in [5.41, 5.74) is -0.670. The van der Waals surface area contributed by atoms with E-state index in [-0.39, 0.29) is 44.0 Å². The monoisotopic (exact) mass is 596 g/mol. The van der Waals surface area contributed by atoms with Crippen molar-refractivity contribution in [2.24, 2.45) is 11.8 Å². The normalized spacial score (nSPS) is 19.4. The van der Waals surface area contributed by atoms with Gasteiger partial charge in [-0.05, 0) is 57.9 Å². The highest BCUT2D eigenvalue weighted by Gasteiger charge is 2.39. The third-order valence-corrected chi connectivity index (χ3v) is 9.11. The number of hydrogen-bond donors (Lipinski definition) is 4. The van der Waals surface area contributed by atoms with Gasteiger partial charge in [-0.15, -0.1) is 0 Å². The van der Waals surface area contributed by atoms with Crippen molar-refractivity contribution in [3.8, 4) is 0 Å². The molecule has 0 aromatic heterocycles. The SMILES string of the molecule is CCOC(=O)C(C)(C)NS(=O)(=O)N(CCC(C)C)CC(O)C(Cc1ccccc1)NC(=O)C1CCCCC1NC=O. The zero-order chi connectivity index (χ0) is 30.6. The molecule has 41 heavy (non-hydrogen) atoms. The summed E-state index contributed by atoms with van der Waals surface area (Å²) in [4.78, 5) is 37.0. The zero-order valence-electron chi connectivity index (χ0n) is 25.0. The van der Waals surface area contributed by atoms with Gasteiger partial charge in [0.05, 0.1) is 24.7 Å². The molecule has 0 saturated heterocycles. The number of aliphatic hydroxyl groups is 1. The van der Waals surface area contributed by atoms with Crippen LogP contribution in [0.1, 0.15) is 72.3 Å². The van der Waals surface area contributed by atoms with Gasteiger partial charge in [-0.2, -0.15) is 17.4 Å². The second kappa shape index (κ2) is 16.2. The number of carbonyl (C=O) groups excluding carboxylic acids is 3. The molecule has 1 aliphatic carbocycles. The number of nitrogens with zero attached hydrogens (tertiary/aromatic N) is 1. The van der Waals surface area contributed by atoms with Gasteiger partial charge in [-0.1, -0.05) is 57.0 Å². The Bertz CT molecular complexity index is 1080. The second-order valence-electron chi connectivity index (χ2n) is 11.6.